The zero-order valence-corrected chi connectivity index (χ0v) is 16.8. The molecule has 2 aromatic carbocycles. The van der Waals surface area contributed by atoms with Crippen molar-refractivity contribution in [1.82, 2.24) is 4.90 Å². The first-order chi connectivity index (χ1) is 13.7. The molecule has 0 atom stereocenters. The molecule has 0 saturated heterocycles. The standard InChI is InChI=1S/C23H26ClNO3/c24-21-8-5-17(6-9-21)15-27-16-18-7-10-22-20(13-18)14-25(11-12-28-22)23(26)19-3-1-2-4-19/h5-10,13,19H,1-4,11-12,14-16H2. The first kappa shape index (κ1) is 19.3. The van der Waals surface area contributed by atoms with Crippen molar-refractivity contribution in [3.05, 3.63) is 64.2 Å². The summed E-state index contributed by atoms with van der Waals surface area (Å²) in [5.41, 5.74) is 3.25. The number of hydrogen-bond donors (Lipinski definition) is 0. The highest BCUT2D eigenvalue weighted by atomic mass is 35.5. The van der Waals surface area contributed by atoms with Crippen molar-refractivity contribution in [3.63, 3.8) is 0 Å². The van der Waals surface area contributed by atoms with Gasteiger partial charge in [0.2, 0.25) is 5.91 Å². The van der Waals surface area contributed by atoms with E-state index in [1.54, 1.807) is 0 Å². The summed E-state index contributed by atoms with van der Waals surface area (Å²) in [4.78, 5) is 14.8. The van der Waals surface area contributed by atoms with Gasteiger partial charge in [-0.1, -0.05) is 42.6 Å². The summed E-state index contributed by atoms with van der Waals surface area (Å²) >= 11 is 5.92. The zero-order valence-electron chi connectivity index (χ0n) is 16.0. The molecule has 2 aromatic rings. The van der Waals surface area contributed by atoms with Gasteiger partial charge in [-0.3, -0.25) is 4.79 Å². The van der Waals surface area contributed by atoms with Crippen LogP contribution in [-0.2, 0) is 29.3 Å². The molecule has 2 aliphatic rings. The topological polar surface area (TPSA) is 38.8 Å². The van der Waals surface area contributed by atoms with Crippen LogP contribution in [-0.4, -0.2) is 24.0 Å². The number of benzene rings is 2. The van der Waals surface area contributed by atoms with Crippen LogP contribution in [0.5, 0.6) is 5.75 Å². The van der Waals surface area contributed by atoms with Crippen molar-refractivity contribution in [2.75, 3.05) is 13.2 Å². The van der Waals surface area contributed by atoms with Gasteiger partial charge in [0.1, 0.15) is 12.4 Å². The van der Waals surface area contributed by atoms with Gasteiger partial charge in [-0.15, -0.1) is 0 Å². The first-order valence-corrected chi connectivity index (χ1v) is 10.4. The van der Waals surface area contributed by atoms with E-state index in [0.717, 1.165) is 40.3 Å². The molecule has 0 bridgehead atoms. The fourth-order valence-electron chi connectivity index (χ4n) is 4.02. The summed E-state index contributed by atoms with van der Waals surface area (Å²) in [6.07, 6.45) is 4.40. The normalized spacial score (nSPS) is 17.1. The molecule has 4 rings (SSSR count). The third-order valence-electron chi connectivity index (χ3n) is 5.57. The van der Waals surface area contributed by atoms with E-state index in [2.05, 4.69) is 6.07 Å². The van der Waals surface area contributed by atoms with Crippen LogP contribution >= 0.6 is 11.6 Å². The Morgan fingerprint density at radius 2 is 1.79 bits per heavy atom. The van der Waals surface area contributed by atoms with Gasteiger partial charge in [0.25, 0.3) is 0 Å². The van der Waals surface area contributed by atoms with Crippen molar-refractivity contribution in [3.8, 4) is 5.75 Å². The minimum atomic E-state index is 0.201. The maximum Gasteiger partial charge on any atom is 0.226 e. The summed E-state index contributed by atoms with van der Waals surface area (Å²) in [6, 6.07) is 13.8. The third-order valence-corrected chi connectivity index (χ3v) is 5.82. The first-order valence-electron chi connectivity index (χ1n) is 10.0. The quantitative estimate of drug-likeness (QED) is 0.712. The summed E-state index contributed by atoms with van der Waals surface area (Å²) in [5, 5.41) is 0.728. The molecule has 0 radical (unpaired) electrons. The molecule has 0 spiro atoms. The largest absolute Gasteiger partial charge is 0.491 e. The molecule has 1 amide bonds. The second kappa shape index (κ2) is 8.97. The molecule has 1 heterocycles. The lowest BCUT2D eigenvalue weighted by molar-refractivity contribution is -0.136. The van der Waals surface area contributed by atoms with E-state index in [1.807, 2.05) is 41.3 Å². The number of carbonyl (C=O) groups is 1. The molecule has 0 unspecified atom stereocenters. The zero-order chi connectivity index (χ0) is 19.3. The van der Waals surface area contributed by atoms with Gasteiger partial charge in [-0.25, -0.2) is 0 Å². The van der Waals surface area contributed by atoms with Crippen molar-refractivity contribution in [2.45, 2.75) is 45.4 Å². The van der Waals surface area contributed by atoms with Gasteiger partial charge < -0.3 is 14.4 Å². The Morgan fingerprint density at radius 1 is 1.07 bits per heavy atom. The second-order valence-corrected chi connectivity index (χ2v) is 8.09. The molecule has 1 aliphatic heterocycles. The smallest absolute Gasteiger partial charge is 0.226 e. The second-order valence-electron chi connectivity index (χ2n) is 7.65. The lowest BCUT2D eigenvalue weighted by atomic mass is 10.1. The summed E-state index contributed by atoms with van der Waals surface area (Å²) in [6.45, 7) is 2.89. The number of amides is 1. The highest BCUT2D eigenvalue weighted by Gasteiger charge is 2.29. The van der Waals surface area contributed by atoms with Crippen LogP contribution in [0.1, 0.15) is 42.4 Å². The van der Waals surface area contributed by atoms with Gasteiger partial charge in [0.15, 0.2) is 0 Å². The summed E-state index contributed by atoms with van der Waals surface area (Å²) in [5.74, 6) is 1.37. The van der Waals surface area contributed by atoms with E-state index in [9.17, 15) is 4.79 Å². The third kappa shape index (κ3) is 4.68. The van der Waals surface area contributed by atoms with Gasteiger partial charge in [-0.05, 0) is 48.2 Å². The molecule has 4 nitrogen and oxygen atoms in total. The molecule has 28 heavy (non-hydrogen) atoms. The van der Waals surface area contributed by atoms with E-state index >= 15 is 0 Å². The van der Waals surface area contributed by atoms with E-state index in [4.69, 9.17) is 21.1 Å². The van der Waals surface area contributed by atoms with Gasteiger partial charge in [-0.2, -0.15) is 0 Å². The molecule has 148 valence electrons. The lowest BCUT2D eigenvalue weighted by Crippen LogP contribution is -2.36. The van der Waals surface area contributed by atoms with Crippen molar-refractivity contribution in [1.29, 1.82) is 0 Å². The van der Waals surface area contributed by atoms with Gasteiger partial charge >= 0.3 is 0 Å². The average molecular weight is 400 g/mol. The Kier molecular flexibility index (Phi) is 6.18. The Morgan fingerprint density at radius 3 is 2.57 bits per heavy atom. The Balaban J connectivity index is 1.39. The minimum Gasteiger partial charge on any atom is -0.491 e. The number of fused-ring (bicyclic) bond motifs is 1. The van der Waals surface area contributed by atoms with E-state index in [-0.39, 0.29) is 5.92 Å². The lowest BCUT2D eigenvalue weighted by Gasteiger charge is -2.23. The Labute approximate surface area is 171 Å². The summed E-state index contributed by atoms with van der Waals surface area (Å²) in [7, 11) is 0. The number of rotatable bonds is 5. The van der Waals surface area contributed by atoms with Gasteiger partial charge in [0.05, 0.1) is 19.8 Å². The molecule has 1 fully saturated rings. The van der Waals surface area contributed by atoms with Crippen molar-refractivity contribution in [2.24, 2.45) is 5.92 Å². The molecular formula is C23H26ClNO3. The number of halogens is 1. The molecule has 1 saturated carbocycles. The highest BCUT2D eigenvalue weighted by Crippen LogP contribution is 2.30. The van der Waals surface area contributed by atoms with Crippen LogP contribution in [0.15, 0.2) is 42.5 Å². The highest BCUT2D eigenvalue weighted by molar-refractivity contribution is 6.30. The van der Waals surface area contributed by atoms with Crippen molar-refractivity contribution >= 4 is 17.5 Å². The Bertz CT molecular complexity index is 815. The predicted octanol–water partition coefficient (Wildman–Crippen LogP) is 4.97. The number of carbonyl (C=O) groups excluding carboxylic acids is 1. The van der Waals surface area contributed by atoms with Crippen LogP contribution in [0.25, 0.3) is 0 Å². The van der Waals surface area contributed by atoms with Crippen LogP contribution in [0.3, 0.4) is 0 Å². The molecule has 0 N–H and O–H groups in total. The van der Waals surface area contributed by atoms with E-state index in [0.29, 0.717) is 38.8 Å². The van der Waals surface area contributed by atoms with Crippen LogP contribution < -0.4 is 4.74 Å². The maximum atomic E-state index is 12.8. The summed E-state index contributed by atoms with van der Waals surface area (Å²) < 4.78 is 11.7. The van der Waals surface area contributed by atoms with E-state index in [1.165, 1.54) is 12.8 Å². The SMILES string of the molecule is O=C(C1CCCC1)N1CCOc2ccc(COCc3ccc(Cl)cc3)cc2C1. The predicted molar refractivity (Wildman–Crippen MR) is 109 cm³/mol. The van der Waals surface area contributed by atoms with Gasteiger partial charge in [0, 0.05) is 23.0 Å². The molecule has 1 aliphatic carbocycles. The number of nitrogens with zero attached hydrogens (tertiary/aromatic N) is 1. The fraction of sp³-hybridized carbons (Fsp3) is 0.435. The number of hydrogen-bond acceptors (Lipinski definition) is 3. The maximum absolute atomic E-state index is 12.8. The molecule has 5 heteroatoms. The monoisotopic (exact) mass is 399 g/mol. The molecule has 0 aromatic heterocycles. The Hall–Kier alpha value is -2.04. The molecular weight excluding hydrogens is 374 g/mol. The minimum absolute atomic E-state index is 0.201. The van der Waals surface area contributed by atoms with E-state index < -0.39 is 0 Å². The van der Waals surface area contributed by atoms with Crippen LogP contribution in [0, 0.1) is 5.92 Å². The van der Waals surface area contributed by atoms with Crippen molar-refractivity contribution < 1.29 is 14.3 Å². The number of ether oxygens (including phenoxy) is 2. The van der Waals surface area contributed by atoms with Crippen LogP contribution in [0.2, 0.25) is 5.02 Å². The van der Waals surface area contributed by atoms with Crippen LogP contribution in [0.4, 0.5) is 0 Å². The fourth-order valence-corrected chi connectivity index (χ4v) is 4.15. The average Bonchev–Trinajstić information content (AvgIpc) is 3.16.